The van der Waals surface area contributed by atoms with Crippen LogP contribution in [0.3, 0.4) is 0 Å². The fourth-order valence-corrected chi connectivity index (χ4v) is 1.08. The number of hydrogen-bond acceptors (Lipinski definition) is 2. The quantitative estimate of drug-likeness (QED) is 0.626. The number of carbonyl (C=O) groups excluding carboxylic acids is 1. The summed E-state index contributed by atoms with van der Waals surface area (Å²) >= 11 is 5.38. The van der Waals surface area contributed by atoms with Crippen LogP contribution in [0.5, 0.6) is 0 Å². The second-order valence-electron chi connectivity index (χ2n) is 2.53. The van der Waals surface area contributed by atoms with E-state index in [9.17, 15) is 4.79 Å². The summed E-state index contributed by atoms with van der Waals surface area (Å²) in [5.74, 6) is -0.223. The van der Waals surface area contributed by atoms with Crippen molar-refractivity contribution in [2.24, 2.45) is 0 Å². The Hall–Kier alpha value is -0.750. The Kier molecular flexibility index (Phi) is 5.48. The van der Waals surface area contributed by atoms with Gasteiger partial charge in [-0.1, -0.05) is 6.92 Å². The van der Waals surface area contributed by atoms with E-state index in [4.69, 9.17) is 16.9 Å². The van der Waals surface area contributed by atoms with Crippen molar-refractivity contribution in [1.29, 1.82) is 5.26 Å². The molecule has 0 aromatic rings. The van der Waals surface area contributed by atoms with Gasteiger partial charge in [0, 0.05) is 6.54 Å². The first-order valence-corrected chi connectivity index (χ1v) is 4.45. The lowest BCUT2D eigenvalue weighted by atomic mass is 10.3. The molecule has 0 saturated carbocycles. The van der Waals surface area contributed by atoms with Gasteiger partial charge in [-0.3, -0.25) is 4.79 Å². The molecule has 0 saturated heterocycles. The highest BCUT2D eigenvalue weighted by atomic mass is 35.5. The zero-order valence-electron chi connectivity index (χ0n) is 7.38. The molecule has 0 aromatic heterocycles. The van der Waals surface area contributed by atoms with Gasteiger partial charge in [0.05, 0.1) is 6.07 Å². The molecule has 3 nitrogen and oxygen atoms in total. The van der Waals surface area contributed by atoms with E-state index < -0.39 is 0 Å². The predicted molar refractivity (Wildman–Crippen MR) is 47.8 cm³/mol. The lowest BCUT2D eigenvalue weighted by molar-refractivity contribution is -0.129. The van der Waals surface area contributed by atoms with Crippen LogP contribution in [-0.4, -0.2) is 29.3 Å². The van der Waals surface area contributed by atoms with Crippen molar-refractivity contribution in [3.8, 4) is 6.07 Å². The Morgan fingerprint density at radius 3 is 2.67 bits per heavy atom. The van der Waals surface area contributed by atoms with Crippen molar-refractivity contribution >= 4 is 17.5 Å². The van der Waals surface area contributed by atoms with Crippen molar-refractivity contribution in [2.45, 2.75) is 26.3 Å². The van der Waals surface area contributed by atoms with Crippen LogP contribution in [0.15, 0.2) is 0 Å². The fourth-order valence-electron chi connectivity index (χ4n) is 0.922. The summed E-state index contributed by atoms with van der Waals surface area (Å²) in [5, 5.41) is 8.59. The largest absolute Gasteiger partial charge is 0.326 e. The number of hydrogen-bond donors (Lipinski definition) is 0. The van der Waals surface area contributed by atoms with Gasteiger partial charge >= 0.3 is 0 Å². The highest BCUT2D eigenvalue weighted by Crippen LogP contribution is 2.01. The molecule has 4 heteroatoms. The summed E-state index contributed by atoms with van der Waals surface area (Å²) < 4.78 is 0. The van der Waals surface area contributed by atoms with Gasteiger partial charge in [-0.25, -0.2) is 0 Å². The molecular formula is C8H13ClN2O. The van der Waals surface area contributed by atoms with Crippen molar-refractivity contribution < 1.29 is 4.79 Å². The average Bonchev–Trinajstić information content (AvgIpc) is 2.11. The summed E-state index contributed by atoms with van der Waals surface area (Å²) in [4.78, 5) is 12.6. The van der Waals surface area contributed by atoms with Gasteiger partial charge in [-0.05, 0) is 13.3 Å². The molecule has 0 aliphatic carbocycles. The van der Waals surface area contributed by atoms with E-state index in [0.29, 0.717) is 6.54 Å². The molecular weight excluding hydrogens is 176 g/mol. The van der Waals surface area contributed by atoms with E-state index in [0.717, 1.165) is 6.42 Å². The molecule has 0 spiro atoms. The summed E-state index contributed by atoms with van der Waals surface area (Å²) in [6.45, 7) is 4.25. The van der Waals surface area contributed by atoms with Crippen LogP contribution in [0.25, 0.3) is 0 Å². The first-order valence-electron chi connectivity index (χ1n) is 3.92. The molecule has 0 N–H and O–H groups in total. The topological polar surface area (TPSA) is 44.1 Å². The maximum absolute atomic E-state index is 11.1. The van der Waals surface area contributed by atoms with E-state index in [1.165, 1.54) is 4.90 Å². The highest BCUT2D eigenvalue weighted by molar-refractivity contribution is 6.27. The molecule has 0 aliphatic heterocycles. The normalized spacial score (nSPS) is 11.8. The van der Waals surface area contributed by atoms with Crippen molar-refractivity contribution in [2.75, 3.05) is 12.4 Å². The summed E-state index contributed by atoms with van der Waals surface area (Å²) in [5.41, 5.74) is 0. The van der Waals surface area contributed by atoms with E-state index in [1.807, 2.05) is 13.0 Å². The average molecular weight is 189 g/mol. The molecule has 1 atom stereocenters. The molecule has 0 fully saturated rings. The monoisotopic (exact) mass is 188 g/mol. The molecule has 0 bridgehead atoms. The standard InChI is InChI=1S/C8H13ClN2O/c1-3-4-11(7(2)6-10)8(12)5-9/h7H,3-5H2,1-2H3/t7-/m0/s1. The number of nitriles is 1. The molecule has 1 amide bonds. The molecule has 0 unspecified atom stereocenters. The Morgan fingerprint density at radius 2 is 2.33 bits per heavy atom. The SMILES string of the molecule is CCCN(C(=O)CCl)[C@@H](C)C#N. The number of amides is 1. The minimum absolute atomic E-state index is 0.0496. The first-order chi connectivity index (χ1) is 5.67. The maximum Gasteiger partial charge on any atom is 0.238 e. The van der Waals surface area contributed by atoms with Crippen LogP contribution in [-0.2, 0) is 4.79 Å². The van der Waals surface area contributed by atoms with E-state index in [1.54, 1.807) is 6.92 Å². The third-order valence-electron chi connectivity index (χ3n) is 1.55. The van der Waals surface area contributed by atoms with Crippen LogP contribution >= 0.6 is 11.6 Å². The van der Waals surface area contributed by atoms with Crippen LogP contribution in [0.1, 0.15) is 20.3 Å². The van der Waals surface area contributed by atoms with Crippen molar-refractivity contribution in [3.05, 3.63) is 0 Å². The van der Waals surface area contributed by atoms with E-state index >= 15 is 0 Å². The first kappa shape index (κ1) is 11.2. The zero-order chi connectivity index (χ0) is 9.56. The molecule has 0 rings (SSSR count). The second-order valence-corrected chi connectivity index (χ2v) is 2.79. The minimum atomic E-state index is -0.379. The van der Waals surface area contributed by atoms with Crippen LogP contribution < -0.4 is 0 Å². The van der Waals surface area contributed by atoms with Gasteiger partial charge in [-0.15, -0.1) is 11.6 Å². The summed E-state index contributed by atoms with van der Waals surface area (Å²) in [6.07, 6.45) is 0.842. The predicted octanol–water partition coefficient (Wildman–Crippen LogP) is 1.38. The summed E-state index contributed by atoms with van der Waals surface area (Å²) in [6, 6.07) is 1.63. The van der Waals surface area contributed by atoms with E-state index in [2.05, 4.69) is 0 Å². The smallest absolute Gasteiger partial charge is 0.238 e. The Balaban J connectivity index is 4.23. The van der Waals surface area contributed by atoms with Gasteiger partial charge in [0.2, 0.25) is 5.91 Å². The zero-order valence-corrected chi connectivity index (χ0v) is 8.14. The summed E-state index contributed by atoms with van der Waals surface area (Å²) in [7, 11) is 0. The van der Waals surface area contributed by atoms with E-state index in [-0.39, 0.29) is 17.8 Å². The Labute approximate surface area is 77.9 Å². The molecule has 0 aliphatic rings. The number of carbonyl (C=O) groups is 1. The number of rotatable bonds is 4. The molecule has 12 heavy (non-hydrogen) atoms. The van der Waals surface area contributed by atoms with Crippen molar-refractivity contribution in [1.82, 2.24) is 4.90 Å². The van der Waals surface area contributed by atoms with Gasteiger partial charge < -0.3 is 4.90 Å². The van der Waals surface area contributed by atoms with Crippen LogP contribution in [0.4, 0.5) is 0 Å². The molecule has 0 radical (unpaired) electrons. The highest BCUT2D eigenvalue weighted by Gasteiger charge is 2.17. The number of nitrogens with zero attached hydrogens (tertiary/aromatic N) is 2. The molecule has 0 heterocycles. The number of halogens is 1. The fraction of sp³-hybridized carbons (Fsp3) is 0.750. The van der Waals surface area contributed by atoms with Gasteiger partial charge in [0.1, 0.15) is 11.9 Å². The number of alkyl halides is 1. The third-order valence-corrected chi connectivity index (χ3v) is 1.78. The van der Waals surface area contributed by atoms with Gasteiger partial charge in [-0.2, -0.15) is 5.26 Å². The van der Waals surface area contributed by atoms with Gasteiger partial charge in [0.25, 0.3) is 0 Å². The second kappa shape index (κ2) is 5.84. The lowest BCUT2D eigenvalue weighted by Gasteiger charge is -2.23. The van der Waals surface area contributed by atoms with Crippen molar-refractivity contribution in [3.63, 3.8) is 0 Å². The Bertz CT molecular complexity index is 188. The van der Waals surface area contributed by atoms with Crippen LogP contribution in [0.2, 0.25) is 0 Å². The maximum atomic E-state index is 11.1. The van der Waals surface area contributed by atoms with Gasteiger partial charge in [0.15, 0.2) is 0 Å². The lowest BCUT2D eigenvalue weighted by Crippen LogP contribution is -2.39. The third kappa shape index (κ3) is 3.10. The Morgan fingerprint density at radius 1 is 1.75 bits per heavy atom. The molecule has 68 valence electrons. The molecule has 0 aromatic carbocycles. The van der Waals surface area contributed by atoms with Crippen LogP contribution in [0, 0.1) is 11.3 Å². The minimum Gasteiger partial charge on any atom is -0.326 e.